The van der Waals surface area contributed by atoms with Crippen molar-refractivity contribution in [3.63, 3.8) is 0 Å². The second-order valence-corrected chi connectivity index (χ2v) is 3.29. The van der Waals surface area contributed by atoms with Crippen molar-refractivity contribution in [2.75, 3.05) is 7.11 Å². The lowest BCUT2D eigenvalue weighted by Crippen LogP contribution is -1.97. The second kappa shape index (κ2) is 4.42. The van der Waals surface area contributed by atoms with E-state index in [1.807, 2.05) is 12.1 Å². The molecule has 0 saturated carbocycles. The van der Waals surface area contributed by atoms with Crippen molar-refractivity contribution >= 4 is 21.7 Å². The number of Topliss-reactive ketones (excluding diaryl/α,β-unsaturated/α-hetero) is 1. The molecule has 0 amide bonds. The van der Waals surface area contributed by atoms with Gasteiger partial charge in [0.05, 0.1) is 12.7 Å². The molecule has 3 heteroatoms. The summed E-state index contributed by atoms with van der Waals surface area (Å²) in [5, 5.41) is 0.765. The van der Waals surface area contributed by atoms with Crippen LogP contribution in [0.25, 0.3) is 0 Å². The first kappa shape index (κ1) is 10.3. The maximum Gasteiger partial charge on any atom is 0.163 e. The predicted molar refractivity (Wildman–Crippen MR) is 55.6 cm³/mol. The Morgan fingerprint density at radius 1 is 1.54 bits per heavy atom. The Morgan fingerprint density at radius 3 is 2.69 bits per heavy atom. The van der Waals surface area contributed by atoms with Gasteiger partial charge in [0.1, 0.15) is 5.75 Å². The van der Waals surface area contributed by atoms with Crippen molar-refractivity contribution in [3.8, 4) is 5.75 Å². The van der Waals surface area contributed by atoms with Gasteiger partial charge < -0.3 is 4.74 Å². The van der Waals surface area contributed by atoms with E-state index in [1.54, 1.807) is 13.2 Å². The van der Waals surface area contributed by atoms with Gasteiger partial charge in [0.25, 0.3) is 0 Å². The number of hydrogen-bond donors (Lipinski definition) is 0. The number of methoxy groups -OCH3 is 1. The van der Waals surface area contributed by atoms with E-state index in [1.165, 1.54) is 6.92 Å². The highest BCUT2D eigenvalue weighted by molar-refractivity contribution is 9.08. The minimum atomic E-state index is 0.0259. The van der Waals surface area contributed by atoms with Crippen LogP contribution in [0, 0.1) is 0 Å². The average molecular weight is 243 g/mol. The van der Waals surface area contributed by atoms with Gasteiger partial charge in [-0.1, -0.05) is 22.0 Å². The average Bonchev–Trinajstić information content (AvgIpc) is 2.16. The molecule has 0 aromatic heterocycles. The standard InChI is InChI=1S/C10H11BrO2/c1-7(12)9-4-3-8(6-11)5-10(9)13-2/h3-5H,6H2,1-2H3. The van der Waals surface area contributed by atoms with Crippen LogP contribution in [-0.2, 0) is 5.33 Å². The minimum absolute atomic E-state index is 0.0259. The van der Waals surface area contributed by atoms with Crippen LogP contribution in [0.1, 0.15) is 22.8 Å². The smallest absolute Gasteiger partial charge is 0.163 e. The molecule has 0 spiro atoms. The molecule has 0 atom stereocenters. The summed E-state index contributed by atoms with van der Waals surface area (Å²) in [7, 11) is 1.57. The van der Waals surface area contributed by atoms with E-state index in [-0.39, 0.29) is 5.78 Å². The third-order valence-corrected chi connectivity index (χ3v) is 2.45. The Kier molecular flexibility index (Phi) is 3.48. The van der Waals surface area contributed by atoms with Gasteiger partial charge in [-0.2, -0.15) is 0 Å². The zero-order chi connectivity index (χ0) is 9.84. The summed E-state index contributed by atoms with van der Waals surface area (Å²) in [6, 6.07) is 5.57. The van der Waals surface area contributed by atoms with Gasteiger partial charge in [-0.3, -0.25) is 4.79 Å². The largest absolute Gasteiger partial charge is 0.496 e. The van der Waals surface area contributed by atoms with E-state index in [4.69, 9.17) is 4.74 Å². The van der Waals surface area contributed by atoms with E-state index >= 15 is 0 Å². The first-order valence-electron chi connectivity index (χ1n) is 3.93. The number of hydrogen-bond acceptors (Lipinski definition) is 2. The van der Waals surface area contributed by atoms with E-state index in [0.717, 1.165) is 10.9 Å². The highest BCUT2D eigenvalue weighted by Crippen LogP contribution is 2.21. The van der Waals surface area contributed by atoms with Gasteiger partial charge in [-0.25, -0.2) is 0 Å². The van der Waals surface area contributed by atoms with Crippen molar-refractivity contribution in [2.24, 2.45) is 0 Å². The van der Waals surface area contributed by atoms with Crippen LogP contribution in [0.4, 0.5) is 0 Å². The number of alkyl halides is 1. The first-order valence-corrected chi connectivity index (χ1v) is 5.05. The zero-order valence-corrected chi connectivity index (χ0v) is 9.22. The highest BCUT2D eigenvalue weighted by Gasteiger charge is 2.07. The van der Waals surface area contributed by atoms with Crippen LogP contribution >= 0.6 is 15.9 Å². The molecule has 13 heavy (non-hydrogen) atoms. The minimum Gasteiger partial charge on any atom is -0.496 e. The Bertz CT molecular complexity index is 321. The molecule has 0 N–H and O–H groups in total. The van der Waals surface area contributed by atoms with Crippen LogP contribution in [0.3, 0.4) is 0 Å². The normalized spacial score (nSPS) is 9.77. The molecular formula is C10H11BrO2. The van der Waals surface area contributed by atoms with E-state index in [9.17, 15) is 4.79 Å². The quantitative estimate of drug-likeness (QED) is 0.602. The van der Waals surface area contributed by atoms with Gasteiger partial charge in [-0.15, -0.1) is 0 Å². The fourth-order valence-electron chi connectivity index (χ4n) is 1.11. The summed E-state index contributed by atoms with van der Waals surface area (Å²) >= 11 is 3.34. The van der Waals surface area contributed by atoms with Crippen LogP contribution < -0.4 is 4.74 Å². The van der Waals surface area contributed by atoms with Crippen LogP contribution in [-0.4, -0.2) is 12.9 Å². The SMILES string of the molecule is COc1cc(CBr)ccc1C(C)=O. The van der Waals surface area contributed by atoms with Gasteiger partial charge in [-0.05, 0) is 24.6 Å². The molecule has 1 aromatic carbocycles. The van der Waals surface area contributed by atoms with E-state index in [2.05, 4.69) is 15.9 Å². The van der Waals surface area contributed by atoms with Crippen molar-refractivity contribution in [2.45, 2.75) is 12.3 Å². The van der Waals surface area contributed by atoms with Gasteiger partial charge in [0, 0.05) is 5.33 Å². The number of rotatable bonds is 3. The summed E-state index contributed by atoms with van der Waals surface area (Å²) < 4.78 is 5.11. The Hall–Kier alpha value is -0.830. The number of ether oxygens (including phenoxy) is 1. The third-order valence-electron chi connectivity index (χ3n) is 1.80. The summed E-state index contributed by atoms with van der Waals surface area (Å²) in [5.74, 6) is 0.669. The molecule has 0 bridgehead atoms. The molecule has 1 rings (SSSR count). The van der Waals surface area contributed by atoms with Crippen molar-refractivity contribution < 1.29 is 9.53 Å². The summed E-state index contributed by atoms with van der Waals surface area (Å²) in [6.07, 6.45) is 0. The molecule has 0 aliphatic heterocycles. The Labute approximate surface area is 86.0 Å². The zero-order valence-electron chi connectivity index (χ0n) is 7.63. The maximum absolute atomic E-state index is 11.1. The van der Waals surface area contributed by atoms with E-state index < -0.39 is 0 Å². The summed E-state index contributed by atoms with van der Waals surface area (Å²) in [4.78, 5) is 11.1. The van der Waals surface area contributed by atoms with Gasteiger partial charge in [0.2, 0.25) is 0 Å². The molecule has 70 valence electrons. The fourth-order valence-corrected chi connectivity index (χ4v) is 1.46. The fraction of sp³-hybridized carbons (Fsp3) is 0.300. The second-order valence-electron chi connectivity index (χ2n) is 2.72. The molecular weight excluding hydrogens is 232 g/mol. The molecule has 1 aromatic rings. The number of ketones is 1. The molecule has 0 unspecified atom stereocenters. The van der Waals surface area contributed by atoms with Crippen molar-refractivity contribution in [1.29, 1.82) is 0 Å². The summed E-state index contributed by atoms with van der Waals surface area (Å²) in [5.41, 5.74) is 1.73. The monoisotopic (exact) mass is 242 g/mol. The molecule has 2 nitrogen and oxygen atoms in total. The lowest BCUT2D eigenvalue weighted by atomic mass is 10.1. The third kappa shape index (κ3) is 2.31. The molecule has 0 aliphatic carbocycles. The van der Waals surface area contributed by atoms with Crippen molar-refractivity contribution in [3.05, 3.63) is 29.3 Å². The van der Waals surface area contributed by atoms with Crippen LogP contribution in [0.2, 0.25) is 0 Å². The Morgan fingerprint density at radius 2 is 2.23 bits per heavy atom. The molecule has 0 radical (unpaired) electrons. The Balaban J connectivity index is 3.15. The van der Waals surface area contributed by atoms with Gasteiger partial charge >= 0.3 is 0 Å². The first-order chi connectivity index (χ1) is 6.19. The highest BCUT2D eigenvalue weighted by atomic mass is 79.9. The predicted octanol–water partition coefficient (Wildman–Crippen LogP) is 2.79. The molecule has 0 saturated heterocycles. The summed E-state index contributed by atoms with van der Waals surface area (Å²) in [6.45, 7) is 1.53. The lowest BCUT2D eigenvalue weighted by molar-refractivity contribution is 0.101. The van der Waals surface area contributed by atoms with Crippen LogP contribution in [0.15, 0.2) is 18.2 Å². The maximum atomic E-state index is 11.1. The lowest BCUT2D eigenvalue weighted by Gasteiger charge is -2.06. The number of carbonyl (C=O) groups excluding carboxylic acids is 1. The number of halogens is 1. The van der Waals surface area contributed by atoms with Gasteiger partial charge in [0.15, 0.2) is 5.78 Å². The van der Waals surface area contributed by atoms with Crippen LogP contribution in [0.5, 0.6) is 5.75 Å². The number of carbonyl (C=O) groups is 1. The van der Waals surface area contributed by atoms with E-state index in [0.29, 0.717) is 11.3 Å². The molecule has 0 fully saturated rings. The molecule has 0 heterocycles. The molecule has 0 aliphatic rings. The number of benzene rings is 1. The van der Waals surface area contributed by atoms with Crippen molar-refractivity contribution in [1.82, 2.24) is 0 Å². The topological polar surface area (TPSA) is 26.3 Å².